The second-order valence-corrected chi connectivity index (χ2v) is 4.09. The van der Waals surface area contributed by atoms with Crippen molar-refractivity contribution in [3.8, 4) is 0 Å². The van der Waals surface area contributed by atoms with Gasteiger partial charge < -0.3 is 20.8 Å². The van der Waals surface area contributed by atoms with Gasteiger partial charge in [-0.1, -0.05) is 18.9 Å². The van der Waals surface area contributed by atoms with Crippen molar-refractivity contribution in [2.24, 2.45) is 11.7 Å². The minimum Gasteiger partial charge on any atom is -0.408 e. The quantitative estimate of drug-likeness (QED) is 0.608. The van der Waals surface area contributed by atoms with E-state index in [9.17, 15) is 4.79 Å². The fourth-order valence-corrected chi connectivity index (χ4v) is 1.09. The van der Waals surface area contributed by atoms with E-state index >= 15 is 0 Å². The van der Waals surface area contributed by atoms with Crippen LogP contribution in [-0.2, 0) is 11.2 Å². The lowest BCUT2D eigenvalue weighted by molar-refractivity contribution is -0.119. The van der Waals surface area contributed by atoms with Gasteiger partial charge in [0.2, 0.25) is 11.8 Å². The number of anilines is 1. The Morgan fingerprint density at radius 1 is 1.47 bits per heavy atom. The van der Waals surface area contributed by atoms with Crippen LogP contribution in [0.4, 0.5) is 6.01 Å². The van der Waals surface area contributed by atoms with E-state index in [1.807, 2.05) is 13.8 Å². The van der Waals surface area contributed by atoms with Crippen LogP contribution >= 0.6 is 0 Å². The Hall–Kier alpha value is -1.63. The van der Waals surface area contributed by atoms with E-state index < -0.39 is 0 Å². The molecule has 1 heterocycles. The number of nitrogens with two attached hydrogens (primary N) is 1. The van der Waals surface area contributed by atoms with Crippen LogP contribution in [0.1, 0.15) is 19.7 Å². The summed E-state index contributed by atoms with van der Waals surface area (Å²) in [6, 6.07) is 0.244. The van der Waals surface area contributed by atoms with E-state index in [1.165, 1.54) is 0 Å². The molecule has 0 unspecified atom stereocenters. The van der Waals surface area contributed by atoms with Gasteiger partial charge in [-0.2, -0.15) is 0 Å². The second kappa shape index (κ2) is 6.85. The zero-order valence-electron chi connectivity index (χ0n) is 10.2. The highest BCUT2D eigenvalue weighted by Gasteiger charge is 2.07. The Morgan fingerprint density at radius 3 is 2.88 bits per heavy atom. The lowest BCUT2D eigenvalue weighted by Gasteiger charge is -2.07. The van der Waals surface area contributed by atoms with Gasteiger partial charge in [-0.3, -0.25) is 4.79 Å². The molecule has 0 spiro atoms. The molecule has 1 amide bonds. The smallest absolute Gasteiger partial charge is 0.315 e. The van der Waals surface area contributed by atoms with E-state index in [1.54, 1.807) is 0 Å². The van der Waals surface area contributed by atoms with E-state index in [4.69, 9.17) is 10.2 Å². The molecule has 1 aromatic heterocycles. The molecule has 0 fully saturated rings. The molecule has 0 atom stereocenters. The molecule has 96 valence electrons. The van der Waals surface area contributed by atoms with Crippen LogP contribution in [0.5, 0.6) is 0 Å². The lowest BCUT2D eigenvalue weighted by Crippen LogP contribution is -2.32. The van der Waals surface area contributed by atoms with Crippen LogP contribution in [0.3, 0.4) is 0 Å². The third-order valence-electron chi connectivity index (χ3n) is 1.93. The first-order chi connectivity index (χ1) is 8.11. The molecule has 0 aliphatic heterocycles. The van der Waals surface area contributed by atoms with Crippen LogP contribution in [0, 0.1) is 5.92 Å². The second-order valence-electron chi connectivity index (χ2n) is 4.09. The van der Waals surface area contributed by atoms with Gasteiger partial charge in [0, 0.05) is 19.5 Å². The molecule has 0 saturated carbocycles. The maximum Gasteiger partial charge on any atom is 0.315 e. The highest BCUT2D eigenvalue weighted by atomic mass is 16.4. The van der Waals surface area contributed by atoms with Crippen molar-refractivity contribution in [1.82, 2.24) is 15.5 Å². The lowest BCUT2D eigenvalue weighted by atomic mass is 10.2. The molecule has 0 radical (unpaired) electrons. The number of aromatic nitrogens is 2. The number of hydrogen-bond acceptors (Lipinski definition) is 6. The molecule has 0 bridgehead atoms. The van der Waals surface area contributed by atoms with Gasteiger partial charge in [0.1, 0.15) is 0 Å². The van der Waals surface area contributed by atoms with Gasteiger partial charge in [0.25, 0.3) is 0 Å². The van der Waals surface area contributed by atoms with Crippen LogP contribution in [0.25, 0.3) is 0 Å². The third kappa shape index (κ3) is 5.30. The third-order valence-corrected chi connectivity index (χ3v) is 1.93. The van der Waals surface area contributed by atoms with Gasteiger partial charge in [-0.05, 0) is 5.92 Å². The molecule has 0 aliphatic carbocycles. The van der Waals surface area contributed by atoms with Gasteiger partial charge in [0.15, 0.2) is 0 Å². The van der Waals surface area contributed by atoms with Gasteiger partial charge in [-0.25, -0.2) is 0 Å². The predicted octanol–water partition coefficient (Wildman–Crippen LogP) is -0.245. The number of rotatable bonds is 7. The molecule has 1 rings (SSSR count). The molecule has 1 aromatic rings. The molecule has 0 saturated heterocycles. The Morgan fingerprint density at radius 2 is 2.24 bits per heavy atom. The number of nitrogens with zero attached hydrogens (tertiary/aromatic N) is 2. The zero-order valence-corrected chi connectivity index (χ0v) is 10.2. The normalized spacial score (nSPS) is 10.6. The van der Waals surface area contributed by atoms with Crippen molar-refractivity contribution in [3.05, 3.63) is 5.89 Å². The molecule has 7 nitrogen and oxygen atoms in total. The summed E-state index contributed by atoms with van der Waals surface area (Å²) in [4.78, 5) is 11.4. The Labute approximate surface area is 100 Å². The summed E-state index contributed by atoms with van der Waals surface area (Å²) >= 11 is 0. The molecule has 0 aromatic carbocycles. The number of hydrogen-bond donors (Lipinski definition) is 3. The first-order valence-corrected chi connectivity index (χ1v) is 5.64. The van der Waals surface area contributed by atoms with E-state index in [0.717, 1.165) is 0 Å². The highest BCUT2D eigenvalue weighted by Crippen LogP contribution is 2.04. The average molecular weight is 241 g/mol. The average Bonchev–Trinajstić information content (AvgIpc) is 2.72. The molecule has 17 heavy (non-hydrogen) atoms. The monoisotopic (exact) mass is 241 g/mol. The van der Waals surface area contributed by atoms with Gasteiger partial charge in [0.05, 0.1) is 6.54 Å². The summed E-state index contributed by atoms with van der Waals surface area (Å²) in [7, 11) is 0. The van der Waals surface area contributed by atoms with Crippen molar-refractivity contribution in [2.75, 3.05) is 25.0 Å². The van der Waals surface area contributed by atoms with E-state index in [2.05, 4.69) is 20.8 Å². The van der Waals surface area contributed by atoms with Crippen LogP contribution in [0.15, 0.2) is 4.42 Å². The largest absolute Gasteiger partial charge is 0.408 e. The molecular weight excluding hydrogens is 222 g/mol. The van der Waals surface area contributed by atoms with Crippen molar-refractivity contribution in [3.63, 3.8) is 0 Å². The summed E-state index contributed by atoms with van der Waals surface area (Å²) in [5.74, 6) is 0.799. The van der Waals surface area contributed by atoms with E-state index in [-0.39, 0.29) is 18.5 Å². The summed E-state index contributed by atoms with van der Waals surface area (Å²) in [6.45, 7) is 5.30. The molecule has 0 aliphatic rings. The Balaban J connectivity index is 2.26. The molecule has 7 heteroatoms. The van der Waals surface area contributed by atoms with Crippen molar-refractivity contribution in [2.45, 2.75) is 20.3 Å². The van der Waals surface area contributed by atoms with Crippen molar-refractivity contribution < 1.29 is 9.21 Å². The van der Waals surface area contributed by atoms with E-state index in [0.29, 0.717) is 31.3 Å². The summed E-state index contributed by atoms with van der Waals surface area (Å²) in [6.07, 6.45) is 0.536. The Kier molecular flexibility index (Phi) is 5.41. The number of nitrogens with one attached hydrogen (secondary N) is 2. The SMILES string of the molecule is CC(C)CNC(=O)CNc1nnc(CCN)o1. The zero-order chi connectivity index (χ0) is 12.7. The maximum atomic E-state index is 11.4. The molecule has 4 N–H and O–H groups in total. The molecular formula is C10H19N5O2. The predicted molar refractivity (Wildman–Crippen MR) is 63.4 cm³/mol. The number of carbonyl (C=O) groups excluding carboxylic acids is 1. The van der Waals surface area contributed by atoms with Crippen LogP contribution in [-0.4, -0.2) is 35.7 Å². The van der Waals surface area contributed by atoms with Gasteiger partial charge in [-0.15, -0.1) is 5.10 Å². The fraction of sp³-hybridized carbons (Fsp3) is 0.700. The standard InChI is InChI=1S/C10H19N5O2/c1-7(2)5-12-8(16)6-13-10-15-14-9(17-10)3-4-11/h7H,3-6,11H2,1-2H3,(H,12,16)(H,13,15). The van der Waals surface area contributed by atoms with Crippen LogP contribution < -0.4 is 16.4 Å². The number of amides is 1. The summed E-state index contributed by atoms with van der Waals surface area (Å²) in [5.41, 5.74) is 5.35. The highest BCUT2D eigenvalue weighted by molar-refractivity contribution is 5.79. The number of carbonyl (C=O) groups is 1. The summed E-state index contributed by atoms with van der Waals surface area (Å²) in [5, 5.41) is 13.0. The summed E-state index contributed by atoms with van der Waals surface area (Å²) < 4.78 is 5.21. The Bertz CT molecular complexity index is 350. The van der Waals surface area contributed by atoms with Crippen LogP contribution in [0.2, 0.25) is 0 Å². The first kappa shape index (κ1) is 13.4. The topological polar surface area (TPSA) is 106 Å². The van der Waals surface area contributed by atoms with Crippen molar-refractivity contribution in [1.29, 1.82) is 0 Å². The minimum absolute atomic E-state index is 0.0997. The first-order valence-electron chi connectivity index (χ1n) is 5.64. The minimum atomic E-state index is -0.0997. The van der Waals surface area contributed by atoms with Gasteiger partial charge >= 0.3 is 6.01 Å². The maximum absolute atomic E-state index is 11.4. The van der Waals surface area contributed by atoms with Crippen molar-refractivity contribution >= 4 is 11.9 Å². The fourth-order valence-electron chi connectivity index (χ4n) is 1.09.